The predicted octanol–water partition coefficient (Wildman–Crippen LogP) is 3.56. The maximum Gasteiger partial charge on any atom is 0.222 e. The van der Waals surface area contributed by atoms with Crippen molar-refractivity contribution in [3.63, 3.8) is 0 Å². The standard InChI is InChI=1S/C21H30N2O2.ClH/c22-20-10-9-16-13-23(14-19(16)20)21(24)11-8-15-4-3-7-18(12-15)25-17-5-1-2-6-17;/h3-4,7,12,16-17,19-20H,1-2,5-6,8-11,13-14,22H2;1H. The molecule has 4 nitrogen and oxygen atoms in total. The minimum Gasteiger partial charge on any atom is -0.490 e. The number of nitrogens with two attached hydrogens (primary N) is 1. The summed E-state index contributed by atoms with van der Waals surface area (Å²) in [6.07, 6.45) is 8.97. The topological polar surface area (TPSA) is 55.6 Å². The lowest BCUT2D eigenvalue weighted by atomic mass is 9.98. The number of amides is 1. The van der Waals surface area contributed by atoms with Gasteiger partial charge in [-0.05, 0) is 74.5 Å². The summed E-state index contributed by atoms with van der Waals surface area (Å²) in [7, 11) is 0. The van der Waals surface area contributed by atoms with Gasteiger partial charge in [-0.25, -0.2) is 0 Å². The molecule has 0 spiro atoms. The van der Waals surface area contributed by atoms with Crippen LogP contribution in [0.1, 0.15) is 50.5 Å². The number of ether oxygens (including phenoxy) is 1. The van der Waals surface area contributed by atoms with Crippen molar-refractivity contribution in [1.29, 1.82) is 0 Å². The highest BCUT2D eigenvalue weighted by Gasteiger charge is 2.42. The number of benzene rings is 1. The first kappa shape index (κ1) is 19.5. The molecular formula is C21H31ClN2O2. The summed E-state index contributed by atoms with van der Waals surface area (Å²) < 4.78 is 6.08. The highest BCUT2D eigenvalue weighted by Crippen LogP contribution is 2.37. The first-order chi connectivity index (χ1) is 12.2. The fraction of sp³-hybridized carbons (Fsp3) is 0.667. The second-order valence-corrected chi connectivity index (χ2v) is 8.14. The smallest absolute Gasteiger partial charge is 0.222 e. The van der Waals surface area contributed by atoms with Crippen LogP contribution in [0.4, 0.5) is 0 Å². The molecule has 0 bridgehead atoms. The van der Waals surface area contributed by atoms with E-state index in [1.165, 1.54) is 37.7 Å². The van der Waals surface area contributed by atoms with Crippen LogP contribution in [0.2, 0.25) is 0 Å². The van der Waals surface area contributed by atoms with Crippen LogP contribution in [0.15, 0.2) is 24.3 Å². The number of nitrogens with zero attached hydrogens (tertiary/aromatic N) is 1. The van der Waals surface area contributed by atoms with Gasteiger partial charge in [-0.2, -0.15) is 0 Å². The van der Waals surface area contributed by atoms with Crippen LogP contribution >= 0.6 is 12.4 Å². The molecule has 1 saturated heterocycles. The summed E-state index contributed by atoms with van der Waals surface area (Å²) in [6, 6.07) is 8.59. The molecule has 26 heavy (non-hydrogen) atoms. The Labute approximate surface area is 162 Å². The van der Waals surface area contributed by atoms with E-state index in [2.05, 4.69) is 12.1 Å². The Bertz CT molecular complexity index is 618. The Hall–Kier alpha value is -1.26. The third-order valence-electron chi connectivity index (χ3n) is 6.40. The zero-order chi connectivity index (χ0) is 17.2. The van der Waals surface area contributed by atoms with Gasteiger partial charge < -0.3 is 15.4 Å². The van der Waals surface area contributed by atoms with Crippen molar-refractivity contribution in [1.82, 2.24) is 4.90 Å². The maximum absolute atomic E-state index is 12.6. The van der Waals surface area contributed by atoms with Gasteiger partial charge in [0.15, 0.2) is 0 Å². The number of aryl methyl sites for hydroxylation is 1. The number of carbonyl (C=O) groups is 1. The number of fused-ring (bicyclic) bond motifs is 1. The number of halogens is 1. The van der Waals surface area contributed by atoms with Gasteiger partial charge in [0.05, 0.1) is 6.10 Å². The minimum atomic E-state index is 0. The molecule has 3 fully saturated rings. The molecule has 0 radical (unpaired) electrons. The molecule has 3 unspecified atom stereocenters. The third-order valence-corrected chi connectivity index (χ3v) is 6.40. The van der Waals surface area contributed by atoms with Gasteiger partial charge in [-0.3, -0.25) is 4.79 Å². The van der Waals surface area contributed by atoms with Crippen LogP contribution in [0.3, 0.4) is 0 Å². The highest BCUT2D eigenvalue weighted by atomic mass is 35.5. The molecule has 3 aliphatic rings. The number of rotatable bonds is 5. The van der Waals surface area contributed by atoms with Crippen molar-refractivity contribution in [2.75, 3.05) is 13.1 Å². The first-order valence-electron chi connectivity index (χ1n) is 9.98. The summed E-state index contributed by atoms with van der Waals surface area (Å²) in [6.45, 7) is 1.79. The molecule has 4 rings (SSSR count). The third kappa shape index (κ3) is 4.34. The van der Waals surface area contributed by atoms with Crippen molar-refractivity contribution in [2.45, 2.75) is 63.5 Å². The monoisotopic (exact) mass is 378 g/mol. The van der Waals surface area contributed by atoms with Gasteiger partial charge in [0.25, 0.3) is 0 Å². The SMILES string of the molecule is Cl.NC1CCC2CN(C(=O)CCc3cccc(OC4CCCC4)c3)CC12. The van der Waals surface area contributed by atoms with Crippen molar-refractivity contribution in [2.24, 2.45) is 17.6 Å². The largest absolute Gasteiger partial charge is 0.490 e. The summed E-state index contributed by atoms with van der Waals surface area (Å²) in [5.41, 5.74) is 7.37. The van der Waals surface area contributed by atoms with Crippen LogP contribution in [0.5, 0.6) is 5.75 Å². The molecule has 5 heteroatoms. The van der Waals surface area contributed by atoms with Crippen LogP contribution in [-0.4, -0.2) is 36.0 Å². The Morgan fingerprint density at radius 3 is 2.73 bits per heavy atom. The summed E-state index contributed by atoms with van der Waals surface area (Å²) in [4.78, 5) is 14.6. The van der Waals surface area contributed by atoms with E-state index in [1.807, 2.05) is 17.0 Å². The van der Waals surface area contributed by atoms with E-state index in [1.54, 1.807) is 0 Å². The van der Waals surface area contributed by atoms with Crippen LogP contribution < -0.4 is 10.5 Å². The molecule has 1 aromatic carbocycles. The van der Waals surface area contributed by atoms with E-state index in [9.17, 15) is 4.79 Å². The van der Waals surface area contributed by atoms with Crippen molar-refractivity contribution in [3.05, 3.63) is 29.8 Å². The van der Waals surface area contributed by atoms with Crippen LogP contribution in [0, 0.1) is 11.8 Å². The summed E-state index contributed by atoms with van der Waals surface area (Å²) in [5, 5.41) is 0. The number of likely N-dealkylation sites (tertiary alicyclic amines) is 1. The molecule has 144 valence electrons. The Balaban J connectivity index is 0.00000196. The quantitative estimate of drug-likeness (QED) is 0.852. The Morgan fingerprint density at radius 1 is 1.15 bits per heavy atom. The van der Waals surface area contributed by atoms with Gasteiger partial charge in [0, 0.05) is 25.6 Å². The Morgan fingerprint density at radius 2 is 1.96 bits per heavy atom. The molecule has 1 amide bonds. The molecule has 1 heterocycles. The van der Waals surface area contributed by atoms with Gasteiger partial charge in [0.2, 0.25) is 5.91 Å². The van der Waals surface area contributed by atoms with Gasteiger partial charge in [-0.15, -0.1) is 12.4 Å². The molecule has 2 N–H and O–H groups in total. The van der Waals surface area contributed by atoms with E-state index < -0.39 is 0 Å². The molecular weight excluding hydrogens is 348 g/mol. The number of hydrogen-bond acceptors (Lipinski definition) is 3. The second kappa shape index (κ2) is 8.62. The van der Waals surface area contributed by atoms with Crippen molar-refractivity contribution in [3.8, 4) is 5.75 Å². The predicted molar refractivity (Wildman–Crippen MR) is 106 cm³/mol. The van der Waals surface area contributed by atoms with E-state index >= 15 is 0 Å². The normalized spacial score (nSPS) is 28.0. The summed E-state index contributed by atoms with van der Waals surface area (Å²) in [5.74, 6) is 2.41. The van der Waals surface area contributed by atoms with E-state index in [0.29, 0.717) is 30.4 Å². The van der Waals surface area contributed by atoms with E-state index in [0.717, 1.165) is 31.7 Å². The molecule has 3 atom stereocenters. The number of hydrogen-bond donors (Lipinski definition) is 1. The second-order valence-electron chi connectivity index (χ2n) is 8.14. The maximum atomic E-state index is 12.6. The fourth-order valence-electron chi connectivity index (χ4n) is 4.89. The van der Waals surface area contributed by atoms with Gasteiger partial charge in [0.1, 0.15) is 5.75 Å². The molecule has 2 saturated carbocycles. The van der Waals surface area contributed by atoms with Gasteiger partial charge >= 0.3 is 0 Å². The highest BCUT2D eigenvalue weighted by molar-refractivity contribution is 5.85. The van der Waals surface area contributed by atoms with E-state index in [-0.39, 0.29) is 18.3 Å². The lowest BCUT2D eigenvalue weighted by molar-refractivity contribution is -0.130. The summed E-state index contributed by atoms with van der Waals surface area (Å²) >= 11 is 0. The Kier molecular flexibility index (Phi) is 6.46. The lowest BCUT2D eigenvalue weighted by Crippen LogP contribution is -2.33. The first-order valence-corrected chi connectivity index (χ1v) is 9.98. The average Bonchev–Trinajstić information content (AvgIpc) is 3.33. The van der Waals surface area contributed by atoms with Crippen LogP contribution in [-0.2, 0) is 11.2 Å². The molecule has 1 aromatic rings. The van der Waals surface area contributed by atoms with Crippen LogP contribution in [0.25, 0.3) is 0 Å². The zero-order valence-electron chi connectivity index (χ0n) is 15.4. The minimum absolute atomic E-state index is 0. The van der Waals surface area contributed by atoms with Crippen molar-refractivity contribution < 1.29 is 9.53 Å². The number of carbonyl (C=O) groups excluding carboxylic acids is 1. The zero-order valence-corrected chi connectivity index (χ0v) is 16.3. The average molecular weight is 379 g/mol. The van der Waals surface area contributed by atoms with Gasteiger partial charge in [-0.1, -0.05) is 12.1 Å². The molecule has 0 aromatic heterocycles. The lowest BCUT2D eigenvalue weighted by Gasteiger charge is -2.19. The molecule has 1 aliphatic heterocycles. The fourth-order valence-corrected chi connectivity index (χ4v) is 4.89. The van der Waals surface area contributed by atoms with Crippen molar-refractivity contribution >= 4 is 18.3 Å². The van der Waals surface area contributed by atoms with E-state index in [4.69, 9.17) is 10.5 Å². The molecule has 2 aliphatic carbocycles.